The molecular formula is C12H18ClN. The fraction of sp³-hybridized carbons (Fsp3) is 0.500. The molecule has 0 aromatic heterocycles. The number of alkyl halides is 1. The molecule has 0 radical (unpaired) electrons. The van der Waals surface area contributed by atoms with Crippen molar-refractivity contribution in [3.63, 3.8) is 0 Å². The third-order valence-electron chi connectivity index (χ3n) is 2.28. The third kappa shape index (κ3) is 3.22. The molecule has 1 aromatic carbocycles. The van der Waals surface area contributed by atoms with E-state index in [1.54, 1.807) is 0 Å². The predicted octanol–water partition coefficient (Wildman–Crippen LogP) is 4.03. The van der Waals surface area contributed by atoms with E-state index in [0.29, 0.717) is 11.9 Å². The topological polar surface area (TPSA) is 12.0 Å². The van der Waals surface area contributed by atoms with Crippen molar-refractivity contribution in [2.45, 2.75) is 38.6 Å². The van der Waals surface area contributed by atoms with Gasteiger partial charge in [0.15, 0.2) is 0 Å². The molecule has 0 aliphatic heterocycles. The summed E-state index contributed by atoms with van der Waals surface area (Å²) in [6.45, 7) is 4.40. The Morgan fingerprint density at radius 2 is 2.07 bits per heavy atom. The molecule has 0 saturated heterocycles. The van der Waals surface area contributed by atoms with Crippen LogP contribution in [0, 0.1) is 0 Å². The molecule has 0 saturated carbocycles. The molecule has 0 aliphatic carbocycles. The zero-order valence-corrected chi connectivity index (χ0v) is 9.64. The van der Waals surface area contributed by atoms with E-state index in [1.807, 2.05) is 12.1 Å². The van der Waals surface area contributed by atoms with E-state index in [1.165, 1.54) is 24.1 Å². The smallest absolute Gasteiger partial charge is 0.0494 e. The molecule has 0 fully saturated rings. The molecule has 0 spiro atoms. The second kappa shape index (κ2) is 5.92. The molecule has 1 rings (SSSR count). The normalized spacial score (nSPS) is 12.5. The summed E-state index contributed by atoms with van der Waals surface area (Å²) in [5.41, 5.74) is 2.35. The van der Waals surface area contributed by atoms with E-state index < -0.39 is 0 Å². The first-order valence-corrected chi connectivity index (χ1v) is 5.71. The van der Waals surface area contributed by atoms with Gasteiger partial charge in [0, 0.05) is 17.6 Å². The minimum absolute atomic E-state index is 0.518. The van der Waals surface area contributed by atoms with E-state index in [0.717, 1.165) is 0 Å². The van der Waals surface area contributed by atoms with Crippen LogP contribution < -0.4 is 5.32 Å². The number of rotatable bonds is 5. The summed E-state index contributed by atoms with van der Waals surface area (Å²) in [5, 5.41) is 3.48. The Labute approximate surface area is 91.5 Å². The number of anilines is 1. The van der Waals surface area contributed by atoms with Crippen LogP contribution in [0.25, 0.3) is 0 Å². The lowest BCUT2D eigenvalue weighted by Crippen LogP contribution is -2.15. The van der Waals surface area contributed by atoms with Crippen molar-refractivity contribution >= 4 is 17.3 Å². The summed E-state index contributed by atoms with van der Waals surface area (Å²) in [6, 6.07) is 8.73. The lowest BCUT2D eigenvalue weighted by Gasteiger charge is -2.16. The van der Waals surface area contributed by atoms with Gasteiger partial charge in [-0.15, -0.1) is 11.6 Å². The van der Waals surface area contributed by atoms with Crippen LogP contribution in [-0.4, -0.2) is 6.04 Å². The minimum atomic E-state index is 0.518. The highest BCUT2D eigenvalue weighted by molar-refractivity contribution is 6.17. The van der Waals surface area contributed by atoms with Gasteiger partial charge >= 0.3 is 0 Å². The first-order valence-electron chi connectivity index (χ1n) is 5.18. The average molecular weight is 212 g/mol. The second-order valence-corrected chi connectivity index (χ2v) is 3.89. The summed E-state index contributed by atoms with van der Waals surface area (Å²) in [5.74, 6) is 0.571. The molecule has 0 amide bonds. The van der Waals surface area contributed by atoms with Crippen molar-refractivity contribution in [2.75, 3.05) is 5.32 Å². The highest BCUT2D eigenvalue weighted by Gasteiger charge is 2.03. The van der Waals surface area contributed by atoms with Crippen LogP contribution >= 0.6 is 11.6 Å². The van der Waals surface area contributed by atoms with Gasteiger partial charge in [-0.05, 0) is 25.0 Å². The van der Waals surface area contributed by atoms with Gasteiger partial charge in [-0.3, -0.25) is 0 Å². The zero-order valence-electron chi connectivity index (χ0n) is 8.89. The van der Waals surface area contributed by atoms with Gasteiger partial charge in [-0.2, -0.15) is 0 Å². The van der Waals surface area contributed by atoms with Gasteiger partial charge in [-0.1, -0.05) is 31.5 Å². The van der Waals surface area contributed by atoms with Gasteiger partial charge in [0.05, 0.1) is 0 Å². The first kappa shape index (κ1) is 11.4. The van der Waals surface area contributed by atoms with Gasteiger partial charge in [0.1, 0.15) is 0 Å². The largest absolute Gasteiger partial charge is 0.382 e. The van der Waals surface area contributed by atoms with Crippen LogP contribution in [0.15, 0.2) is 24.3 Å². The number of nitrogens with one attached hydrogen (secondary N) is 1. The molecule has 1 nitrogen and oxygen atoms in total. The Kier molecular flexibility index (Phi) is 4.81. The van der Waals surface area contributed by atoms with Crippen molar-refractivity contribution < 1.29 is 0 Å². The molecule has 0 bridgehead atoms. The van der Waals surface area contributed by atoms with Crippen LogP contribution in [0.5, 0.6) is 0 Å². The highest BCUT2D eigenvalue weighted by Crippen LogP contribution is 2.18. The molecule has 1 unspecified atom stereocenters. The van der Waals surface area contributed by atoms with Gasteiger partial charge < -0.3 is 5.32 Å². The summed E-state index contributed by atoms with van der Waals surface area (Å²) in [7, 11) is 0. The number of halogens is 1. The maximum atomic E-state index is 5.85. The van der Waals surface area contributed by atoms with E-state index in [2.05, 4.69) is 31.3 Å². The molecule has 78 valence electrons. The van der Waals surface area contributed by atoms with Crippen molar-refractivity contribution in [2.24, 2.45) is 0 Å². The van der Waals surface area contributed by atoms with Crippen molar-refractivity contribution in [1.82, 2.24) is 0 Å². The summed E-state index contributed by atoms with van der Waals surface area (Å²) >= 11 is 5.85. The van der Waals surface area contributed by atoms with Crippen molar-refractivity contribution in [3.8, 4) is 0 Å². The Morgan fingerprint density at radius 1 is 1.36 bits per heavy atom. The number of hydrogen-bond acceptors (Lipinski definition) is 1. The third-order valence-corrected chi connectivity index (χ3v) is 2.57. The molecule has 1 N–H and O–H groups in total. The van der Waals surface area contributed by atoms with Crippen molar-refractivity contribution in [3.05, 3.63) is 29.8 Å². The highest BCUT2D eigenvalue weighted by atomic mass is 35.5. The lowest BCUT2D eigenvalue weighted by atomic mass is 10.1. The Hall–Kier alpha value is -0.690. The van der Waals surface area contributed by atoms with E-state index in [4.69, 9.17) is 11.6 Å². The van der Waals surface area contributed by atoms with Gasteiger partial charge in [0.2, 0.25) is 0 Å². The van der Waals surface area contributed by atoms with Crippen LogP contribution in [0.3, 0.4) is 0 Å². The van der Waals surface area contributed by atoms with Crippen LogP contribution in [-0.2, 0) is 5.88 Å². The Morgan fingerprint density at radius 3 is 2.71 bits per heavy atom. The summed E-state index contributed by atoms with van der Waals surface area (Å²) in [4.78, 5) is 0. The number of para-hydroxylation sites is 1. The average Bonchev–Trinajstić information content (AvgIpc) is 2.19. The predicted molar refractivity (Wildman–Crippen MR) is 64.0 cm³/mol. The summed E-state index contributed by atoms with van der Waals surface area (Å²) in [6.07, 6.45) is 2.40. The maximum Gasteiger partial charge on any atom is 0.0494 e. The first-order chi connectivity index (χ1) is 6.77. The molecular weight excluding hydrogens is 194 g/mol. The lowest BCUT2D eigenvalue weighted by molar-refractivity contribution is 0.690. The van der Waals surface area contributed by atoms with E-state index in [9.17, 15) is 0 Å². The maximum absolute atomic E-state index is 5.85. The SMILES string of the molecule is CCCC(C)Nc1ccccc1CCl. The van der Waals surface area contributed by atoms with Gasteiger partial charge in [-0.25, -0.2) is 0 Å². The van der Waals surface area contributed by atoms with Crippen LogP contribution in [0.1, 0.15) is 32.3 Å². The molecule has 14 heavy (non-hydrogen) atoms. The van der Waals surface area contributed by atoms with E-state index in [-0.39, 0.29) is 0 Å². The molecule has 0 aliphatic rings. The second-order valence-electron chi connectivity index (χ2n) is 3.62. The Bertz CT molecular complexity index is 273. The molecule has 1 atom stereocenters. The standard InChI is InChI=1S/C12H18ClN/c1-3-6-10(2)14-12-8-5-4-7-11(12)9-13/h4-5,7-8,10,14H,3,6,9H2,1-2H3. The Balaban J connectivity index is 2.65. The van der Waals surface area contributed by atoms with Crippen LogP contribution in [0.2, 0.25) is 0 Å². The minimum Gasteiger partial charge on any atom is -0.382 e. The fourth-order valence-electron chi connectivity index (χ4n) is 1.55. The molecule has 0 heterocycles. The fourth-order valence-corrected chi connectivity index (χ4v) is 1.78. The van der Waals surface area contributed by atoms with Crippen molar-refractivity contribution in [1.29, 1.82) is 0 Å². The quantitative estimate of drug-likeness (QED) is 0.726. The molecule has 2 heteroatoms. The monoisotopic (exact) mass is 211 g/mol. The summed E-state index contributed by atoms with van der Waals surface area (Å²) < 4.78 is 0. The molecule has 1 aromatic rings. The van der Waals surface area contributed by atoms with Crippen LogP contribution in [0.4, 0.5) is 5.69 Å². The number of hydrogen-bond donors (Lipinski definition) is 1. The van der Waals surface area contributed by atoms with Gasteiger partial charge in [0.25, 0.3) is 0 Å². The zero-order chi connectivity index (χ0) is 10.4. The number of benzene rings is 1. The van der Waals surface area contributed by atoms with E-state index >= 15 is 0 Å².